The lowest BCUT2D eigenvalue weighted by Gasteiger charge is -2.07. The van der Waals surface area contributed by atoms with Crippen molar-refractivity contribution < 1.29 is 14.1 Å². The molecule has 0 bridgehead atoms. The number of nitro benzene ring substituents is 1. The first-order valence-electron chi connectivity index (χ1n) is 5.59. The molecule has 0 unspecified atom stereocenters. The molecular weight excluding hydrogens is 367 g/mol. The van der Waals surface area contributed by atoms with Crippen LogP contribution in [-0.2, 0) is 0 Å². The molecule has 0 aliphatic heterocycles. The van der Waals surface area contributed by atoms with Gasteiger partial charge in [0.15, 0.2) is 0 Å². The number of carbonyl (C=O) groups excluding carboxylic acids is 1. The van der Waals surface area contributed by atoms with Crippen molar-refractivity contribution in [3.8, 4) is 0 Å². The molecule has 21 heavy (non-hydrogen) atoms. The fourth-order valence-electron chi connectivity index (χ4n) is 1.66. The number of hydrogen-bond acceptors (Lipinski definition) is 3. The van der Waals surface area contributed by atoms with Gasteiger partial charge in [0.1, 0.15) is 16.4 Å². The lowest BCUT2D eigenvalue weighted by Crippen LogP contribution is -2.15. The van der Waals surface area contributed by atoms with Crippen LogP contribution in [0.2, 0.25) is 5.02 Å². The van der Waals surface area contributed by atoms with Gasteiger partial charge in [0.05, 0.1) is 10.6 Å². The van der Waals surface area contributed by atoms with Crippen molar-refractivity contribution in [2.45, 2.75) is 0 Å². The van der Waals surface area contributed by atoms with Gasteiger partial charge in [-0.1, -0.05) is 33.6 Å². The van der Waals surface area contributed by atoms with Crippen molar-refractivity contribution >= 4 is 44.8 Å². The van der Waals surface area contributed by atoms with E-state index in [4.69, 9.17) is 11.6 Å². The fraction of sp³-hybridized carbons (Fsp3) is 0. The number of nitro groups is 1. The van der Waals surface area contributed by atoms with Crippen LogP contribution in [0.15, 0.2) is 40.9 Å². The Balaban J connectivity index is 2.37. The van der Waals surface area contributed by atoms with Crippen LogP contribution in [0.5, 0.6) is 0 Å². The van der Waals surface area contributed by atoms with E-state index < -0.39 is 22.3 Å². The van der Waals surface area contributed by atoms with E-state index in [1.165, 1.54) is 36.4 Å². The van der Waals surface area contributed by atoms with Crippen molar-refractivity contribution in [3.63, 3.8) is 0 Å². The molecule has 108 valence electrons. The van der Waals surface area contributed by atoms with Gasteiger partial charge < -0.3 is 5.32 Å². The zero-order chi connectivity index (χ0) is 15.6. The first-order valence-corrected chi connectivity index (χ1v) is 6.76. The summed E-state index contributed by atoms with van der Waals surface area (Å²) in [4.78, 5) is 22.3. The number of nitrogens with one attached hydrogen (secondary N) is 1. The van der Waals surface area contributed by atoms with Crippen molar-refractivity contribution in [2.75, 3.05) is 5.32 Å². The number of rotatable bonds is 3. The summed E-state index contributed by atoms with van der Waals surface area (Å²) in [6.07, 6.45) is 0. The predicted octanol–water partition coefficient (Wildman–Crippen LogP) is 4.40. The summed E-state index contributed by atoms with van der Waals surface area (Å²) >= 11 is 8.81. The number of anilines is 1. The minimum atomic E-state index is -0.814. The highest BCUT2D eigenvalue weighted by molar-refractivity contribution is 9.10. The molecular formula is C13H7BrClFN2O3. The molecule has 2 rings (SSSR count). The van der Waals surface area contributed by atoms with Crippen LogP contribution in [0.4, 0.5) is 15.8 Å². The van der Waals surface area contributed by atoms with Gasteiger partial charge >= 0.3 is 5.69 Å². The highest BCUT2D eigenvalue weighted by Crippen LogP contribution is 2.29. The average molecular weight is 374 g/mol. The molecule has 0 fully saturated rings. The van der Waals surface area contributed by atoms with Crippen LogP contribution in [0.3, 0.4) is 0 Å². The van der Waals surface area contributed by atoms with E-state index in [1.807, 2.05) is 0 Å². The molecule has 5 nitrogen and oxygen atoms in total. The zero-order valence-electron chi connectivity index (χ0n) is 10.3. The molecule has 2 aromatic rings. The van der Waals surface area contributed by atoms with Crippen LogP contribution >= 0.6 is 27.5 Å². The fourth-order valence-corrected chi connectivity index (χ4v) is 2.24. The van der Waals surface area contributed by atoms with Gasteiger partial charge in [0.25, 0.3) is 5.91 Å². The van der Waals surface area contributed by atoms with E-state index in [1.54, 1.807) is 0 Å². The Labute approximate surface area is 132 Å². The molecule has 0 spiro atoms. The monoisotopic (exact) mass is 372 g/mol. The van der Waals surface area contributed by atoms with Gasteiger partial charge in [0, 0.05) is 4.47 Å². The van der Waals surface area contributed by atoms with Crippen LogP contribution in [0.25, 0.3) is 0 Å². The summed E-state index contributed by atoms with van der Waals surface area (Å²) in [6.45, 7) is 0. The second kappa shape index (κ2) is 6.19. The van der Waals surface area contributed by atoms with Crippen LogP contribution < -0.4 is 5.32 Å². The van der Waals surface area contributed by atoms with E-state index in [2.05, 4.69) is 21.2 Å². The summed E-state index contributed by atoms with van der Waals surface area (Å²) in [5.74, 6) is -1.48. The third-order valence-corrected chi connectivity index (χ3v) is 3.39. The number of nitrogens with zero attached hydrogens (tertiary/aromatic N) is 1. The smallest absolute Gasteiger partial charge is 0.300 e. The van der Waals surface area contributed by atoms with E-state index in [9.17, 15) is 19.3 Å². The third kappa shape index (κ3) is 3.37. The molecule has 0 radical (unpaired) electrons. The van der Waals surface area contributed by atoms with E-state index in [0.29, 0.717) is 4.47 Å². The van der Waals surface area contributed by atoms with Crippen LogP contribution in [0.1, 0.15) is 10.4 Å². The van der Waals surface area contributed by atoms with Crippen molar-refractivity contribution in [1.29, 1.82) is 0 Å². The molecule has 2 aromatic carbocycles. The molecule has 0 saturated heterocycles. The summed E-state index contributed by atoms with van der Waals surface area (Å²) in [6, 6.07) is 8.00. The van der Waals surface area contributed by atoms with E-state index >= 15 is 0 Å². The van der Waals surface area contributed by atoms with Gasteiger partial charge in [-0.15, -0.1) is 0 Å². The minimum Gasteiger partial charge on any atom is -0.319 e. The first kappa shape index (κ1) is 15.4. The number of hydrogen-bond donors (Lipinski definition) is 1. The summed E-state index contributed by atoms with van der Waals surface area (Å²) in [5, 5.41) is 13.1. The molecule has 0 aliphatic rings. The van der Waals surface area contributed by atoms with Gasteiger partial charge in [-0.05, 0) is 30.3 Å². The molecule has 0 aliphatic carbocycles. The van der Waals surface area contributed by atoms with Gasteiger partial charge in [-0.3, -0.25) is 14.9 Å². The highest BCUT2D eigenvalue weighted by Gasteiger charge is 2.24. The number of amides is 1. The molecule has 0 atom stereocenters. The predicted molar refractivity (Wildman–Crippen MR) is 80.2 cm³/mol. The Morgan fingerprint density at radius 2 is 2.05 bits per heavy atom. The maximum absolute atomic E-state index is 13.7. The van der Waals surface area contributed by atoms with Crippen molar-refractivity contribution in [2.24, 2.45) is 0 Å². The molecule has 0 aromatic heterocycles. The largest absolute Gasteiger partial charge is 0.319 e. The highest BCUT2D eigenvalue weighted by atomic mass is 79.9. The Hall–Kier alpha value is -1.99. The quantitative estimate of drug-likeness (QED) is 0.640. The van der Waals surface area contributed by atoms with E-state index in [-0.39, 0.29) is 16.3 Å². The number of para-hydroxylation sites is 1. The summed E-state index contributed by atoms with van der Waals surface area (Å²) in [7, 11) is 0. The number of carbonyl (C=O) groups is 1. The lowest BCUT2D eigenvalue weighted by atomic mass is 10.1. The normalized spacial score (nSPS) is 10.2. The number of benzene rings is 2. The zero-order valence-corrected chi connectivity index (χ0v) is 12.6. The maximum atomic E-state index is 13.7. The first-order chi connectivity index (χ1) is 9.90. The second-order valence-corrected chi connectivity index (χ2v) is 5.29. The Morgan fingerprint density at radius 3 is 2.67 bits per heavy atom. The SMILES string of the molecule is O=C(Nc1ccc(Br)cc1F)c1cccc(Cl)c1[N+](=O)[O-]. The average Bonchev–Trinajstić information content (AvgIpc) is 2.41. The van der Waals surface area contributed by atoms with Gasteiger partial charge in [-0.25, -0.2) is 4.39 Å². The minimum absolute atomic E-state index is 0.0857. The molecule has 0 saturated carbocycles. The third-order valence-electron chi connectivity index (χ3n) is 2.59. The van der Waals surface area contributed by atoms with Gasteiger partial charge in [-0.2, -0.15) is 0 Å². The Morgan fingerprint density at radius 1 is 1.33 bits per heavy atom. The second-order valence-electron chi connectivity index (χ2n) is 3.97. The summed E-state index contributed by atoms with van der Waals surface area (Å²) in [5.41, 5.74) is -0.846. The van der Waals surface area contributed by atoms with Crippen LogP contribution in [-0.4, -0.2) is 10.8 Å². The Kier molecular flexibility index (Phi) is 4.54. The lowest BCUT2D eigenvalue weighted by molar-refractivity contribution is -0.385. The molecule has 0 heterocycles. The molecule has 1 N–H and O–H groups in total. The van der Waals surface area contributed by atoms with Gasteiger partial charge in [0.2, 0.25) is 0 Å². The standard InChI is InChI=1S/C13H7BrClFN2O3/c14-7-4-5-11(10(16)6-7)17-13(19)8-2-1-3-9(15)12(8)18(20)21/h1-6H,(H,17,19). The molecule has 1 amide bonds. The Bertz CT molecular complexity index is 739. The van der Waals surface area contributed by atoms with Crippen molar-refractivity contribution in [3.05, 3.63) is 67.4 Å². The topological polar surface area (TPSA) is 72.2 Å². The summed E-state index contributed by atoms with van der Waals surface area (Å²) < 4.78 is 14.2. The van der Waals surface area contributed by atoms with Crippen molar-refractivity contribution in [1.82, 2.24) is 0 Å². The molecule has 8 heteroatoms. The number of halogens is 3. The van der Waals surface area contributed by atoms with Crippen LogP contribution in [0, 0.1) is 15.9 Å². The maximum Gasteiger partial charge on any atom is 0.300 e. The van der Waals surface area contributed by atoms with E-state index in [0.717, 1.165) is 0 Å².